The number of hydrogen-bond acceptors (Lipinski definition) is 3. The van der Waals surface area contributed by atoms with Crippen molar-refractivity contribution in [3.63, 3.8) is 0 Å². The van der Waals surface area contributed by atoms with E-state index in [1.807, 2.05) is 32.1 Å². The average molecular weight is 298 g/mol. The van der Waals surface area contributed by atoms with Gasteiger partial charge in [-0.3, -0.25) is 0 Å². The summed E-state index contributed by atoms with van der Waals surface area (Å²) in [5.74, 6) is 1.26. The lowest BCUT2D eigenvalue weighted by Gasteiger charge is -2.14. The van der Waals surface area contributed by atoms with Crippen LogP contribution in [-0.4, -0.2) is 19.8 Å². The van der Waals surface area contributed by atoms with Crippen LogP contribution in [-0.2, 0) is 6.54 Å². The van der Waals surface area contributed by atoms with E-state index in [1.54, 1.807) is 7.11 Å². The molecule has 0 atom stereocenters. The average Bonchev–Trinajstić information content (AvgIpc) is 2.37. The molecule has 0 spiro atoms. The van der Waals surface area contributed by atoms with Crippen LogP contribution < -0.4 is 14.8 Å². The van der Waals surface area contributed by atoms with Crippen LogP contribution in [0.2, 0.25) is 5.02 Å². The third-order valence-electron chi connectivity index (χ3n) is 2.72. The molecule has 0 heterocycles. The van der Waals surface area contributed by atoms with Crippen LogP contribution in [0.15, 0.2) is 23.8 Å². The zero-order chi connectivity index (χ0) is 15.1. The number of rotatable bonds is 7. The lowest BCUT2D eigenvalue weighted by molar-refractivity contribution is 0.325. The number of ether oxygens (including phenoxy) is 2. The van der Waals surface area contributed by atoms with Gasteiger partial charge in [-0.05, 0) is 37.6 Å². The van der Waals surface area contributed by atoms with Crippen LogP contribution in [0.4, 0.5) is 0 Å². The first-order chi connectivity index (χ1) is 9.43. The molecule has 0 aliphatic rings. The molecule has 1 aromatic rings. The molecule has 0 aliphatic heterocycles. The monoisotopic (exact) mass is 297 g/mol. The highest BCUT2D eigenvalue weighted by Gasteiger charge is 2.11. The van der Waals surface area contributed by atoms with Gasteiger partial charge in [0, 0.05) is 12.6 Å². The number of halogens is 1. The Morgan fingerprint density at radius 3 is 2.60 bits per heavy atom. The molecule has 1 aromatic carbocycles. The fraction of sp³-hybridized carbons (Fsp3) is 0.500. The van der Waals surface area contributed by atoms with E-state index in [9.17, 15) is 0 Å². The maximum atomic E-state index is 6.29. The zero-order valence-electron chi connectivity index (χ0n) is 12.9. The highest BCUT2D eigenvalue weighted by atomic mass is 35.5. The molecule has 0 saturated carbocycles. The molecular weight excluding hydrogens is 274 g/mol. The van der Waals surface area contributed by atoms with Crippen molar-refractivity contribution in [3.05, 3.63) is 34.4 Å². The summed E-state index contributed by atoms with van der Waals surface area (Å²) in [7, 11) is 1.62. The van der Waals surface area contributed by atoms with Crippen molar-refractivity contribution >= 4 is 11.6 Å². The minimum atomic E-state index is 0.424. The van der Waals surface area contributed by atoms with E-state index >= 15 is 0 Å². The summed E-state index contributed by atoms with van der Waals surface area (Å²) >= 11 is 6.29. The minimum absolute atomic E-state index is 0.424. The van der Waals surface area contributed by atoms with Gasteiger partial charge in [0.1, 0.15) is 6.61 Å². The Kier molecular flexibility index (Phi) is 6.89. The van der Waals surface area contributed by atoms with E-state index in [1.165, 1.54) is 5.57 Å². The molecule has 3 nitrogen and oxygen atoms in total. The first-order valence-electron chi connectivity index (χ1n) is 6.80. The molecule has 0 amide bonds. The Morgan fingerprint density at radius 2 is 2.05 bits per heavy atom. The fourth-order valence-electron chi connectivity index (χ4n) is 1.63. The van der Waals surface area contributed by atoms with E-state index in [2.05, 4.69) is 19.2 Å². The first kappa shape index (κ1) is 16.9. The smallest absolute Gasteiger partial charge is 0.180 e. The van der Waals surface area contributed by atoms with E-state index in [4.69, 9.17) is 21.1 Å². The van der Waals surface area contributed by atoms with Crippen LogP contribution in [0.25, 0.3) is 0 Å². The number of allylic oxidation sites excluding steroid dienone is 1. The molecule has 20 heavy (non-hydrogen) atoms. The van der Waals surface area contributed by atoms with Crippen molar-refractivity contribution in [1.82, 2.24) is 5.32 Å². The standard InChI is InChI=1S/C16H24ClNO2/c1-11(2)6-7-20-16-14(17)8-13(9-15(16)19-5)10-18-12(3)4/h6,8-9,12,18H,7,10H2,1-5H3. The zero-order valence-corrected chi connectivity index (χ0v) is 13.7. The summed E-state index contributed by atoms with van der Waals surface area (Å²) in [5, 5.41) is 3.93. The third kappa shape index (κ3) is 5.43. The van der Waals surface area contributed by atoms with E-state index in [-0.39, 0.29) is 0 Å². The normalized spacial score (nSPS) is 10.6. The maximum absolute atomic E-state index is 6.29. The van der Waals surface area contributed by atoms with Gasteiger partial charge in [0.05, 0.1) is 12.1 Å². The van der Waals surface area contributed by atoms with Crippen molar-refractivity contribution in [3.8, 4) is 11.5 Å². The Morgan fingerprint density at radius 1 is 1.35 bits per heavy atom. The molecule has 0 fully saturated rings. The van der Waals surface area contributed by atoms with Crippen LogP contribution >= 0.6 is 11.6 Å². The summed E-state index contributed by atoms with van der Waals surface area (Å²) in [4.78, 5) is 0. The minimum Gasteiger partial charge on any atom is -0.493 e. The maximum Gasteiger partial charge on any atom is 0.180 e. The van der Waals surface area contributed by atoms with Crippen molar-refractivity contribution < 1.29 is 9.47 Å². The van der Waals surface area contributed by atoms with Crippen molar-refractivity contribution in [2.24, 2.45) is 0 Å². The van der Waals surface area contributed by atoms with E-state index < -0.39 is 0 Å². The summed E-state index contributed by atoms with van der Waals surface area (Å²) in [5.41, 5.74) is 2.29. The molecule has 0 bridgehead atoms. The molecule has 0 saturated heterocycles. The first-order valence-corrected chi connectivity index (χ1v) is 7.17. The van der Waals surface area contributed by atoms with Crippen molar-refractivity contribution in [1.29, 1.82) is 0 Å². The molecular formula is C16H24ClNO2. The Labute approximate surface area is 126 Å². The highest BCUT2D eigenvalue weighted by Crippen LogP contribution is 2.36. The Hall–Kier alpha value is -1.19. The second kappa shape index (κ2) is 8.18. The number of hydrogen-bond donors (Lipinski definition) is 1. The number of methoxy groups -OCH3 is 1. The van der Waals surface area contributed by atoms with Gasteiger partial charge in [-0.15, -0.1) is 0 Å². The molecule has 1 rings (SSSR count). The van der Waals surface area contributed by atoms with Crippen molar-refractivity contribution in [2.75, 3.05) is 13.7 Å². The van der Waals surface area contributed by atoms with Crippen LogP contribution in [0.1, 0.15) is 33.3 Å². The molecule has 0 aromatic heterocycles. The second-order valence-corrected chi connectivity index (χ2v) is 5.64. The van der Waals surface area contributed by atoms with Gasteiger partial charge in [-0.2, -0.15) is 0 Å². The van der Waals surface area contributed by atoms with Crippen LogP contribution in [0.3, 0.4) is 0 Å². The van der Waals surface area contributed by atoms with Gasteiger partial charge in [0.15, 0.2) is 11.5 Å². The van der Waals surface area contributed by atoms with Crippen LogP contribution in [0.5, 0.6) is 11.5 Å². The number of benzene rings is 1. The van der Waals surface area contributed by atoms with E-state index in [0.29, 0.717) is 29.2 Å². The van der Waals surface area contributed by atoms with E-state index in [0.717, 1.165) is 12.1 Å². The lowest BCUT2D eigenvalue weighted by atomic mass is 10.2. The molecule has 4 heteroatoms. The summed E-state index contributed by atoms with van der Waals surface area (Å²) in [6.07, 6.45) is 2.00. The van der Waals surface area contributed by atoms with Gasteiger partial charge in [-0.25, -0.2) is 0 Å². The van der Waals surface area contributed by atoms with Gasteiger partial charge < -0.3 is 14.8 Å². The quantitative estimate of drug-likeness (QED) is 0.766. The molecule has 1 N–H and O–H groups in total. The number of nitrogens with one attached hydrogen (secondary N) is 1. The van der Waals surface area contributed by atoms with Crippen molar-refractivity contribution in [2.45, 2.75) is 40.3 Å². The summed E-state index contributed by atoms with van der Waals surface area (Å²) in [6, 6.07) is 4.30. The molecule has 0 radical (unpaired) electrons. The third-order valence-corrected chi connectivity index (χ3v) is 3.00. The fourth-order valence-corrected chi connectivity index (χ4v) is 1.92. The summed E-state index contributed by atoms with van der Waals surface area (Å²) in [6.45, 7) is 9.52. The van der Waals surface area contributed by atoms with Gasteiger partial charge in [0.2, 0.25) is 0 Å². The topological polar surface area (TPSA) is 30.5 Å². The van der Waals surface area contributed by atoms with Crippen LogP contribution in [0, 0.1) is 0 Å². The molecule has 0 aliphatic carbocycles. The van der Waals surface area contributed by atoms with Gasteiger partial charge in [-0.1, -0.05) is 31.0 Å². The predicted molar refractivity (Wildman–Crippen MR) is 84.9 cm³/mol. The lowest BCUT2D eigenvalue weighted by Crippen LogP contribution is -2.21. The Balaban J connectivity index is 2.87. The predicted octanol–water partition coefficient (Wildman–Crippen LogP) is 4.19. The highest BCUT2D eigenvalue weighted by molar-refractivity contribution is 6.32. The van der Waals surface area contributed by atoms with Gasteiger partial charge in [0.25, 0.3) is 0 Å². The Bertz CT molecular complexity index is 466. The largest absolute Gasteiger partial charge is 0.493 e. The SMILES string of the molecule is COc1cc(CNC(C)C)cc(Cl)c1OCC=C(C)C. The molecule has 0 unspecified atom stereocenters. The van der Waals surface area contributed by atoms with Gasteiger partial charge >= 0.3 is 0 Å². The summed E-state index contributed by atoms with van der Waals surface area (Å²) < 4.78 is 11.1. The second-order valence-electron chi connectivity index (χ2n) is 5.24. The molecule has 112 valence electrons.